The summed E-state index contributed by atoms with van der Waals surface area (Å²) >= 11 is 6.31. The zero-order chi connectivity index (χ0) is 14.5. The maximum Gasteiger partial charge on any atom is 0.236 e. The average Bonchev–Trinajstić information content (AvgIpc) is 2.92. The fourth-order valence-electron chi connectivity index (χ4n) is 2.96. The molecule has 0 spiro atoms. The number of carbonyl (C=O) groups excluding carboxylic acids is 1. The molecule has 0 radical (unpaired) electrons. The lowest BCUT2D eigenvalue weighted by atomic mass is 10.1. The van der Waals surface area contributed by atoms with Crippen LogP contribution >= 0.6 is 11.6 Å². The van der Waals surface area contributed by atoms with E-state index in [1.165, 1.54) is 12.8 Å². The summed E-state index contributed by atoms with van der Waals surface area (Å²) in [5.74, 6) is -0.299. The first-order valence-electron chi connectivity index (χ1n) is 7.10. The molecule has 4 nitrogen and oxygen atoms in total. The van der Waals surface area contributed by atoms with E-state index in [1.807, 2.05) is 25.2 Å². The highest BCUT2D eigenvalue weighted by Gasteiger charge is 2.26. The molecule has 0 aliphatic heterocycles. The number of hydrogen-bond acceptors (Lipinski definition) is 3. The van der Waals surface area contributed by atoms with Crippen molar-refractivity contribution in [2.75, 3.05) is 18.5 Å². The van der Waals surface area contributed by atoms with E-state index in [0.717, 1.165) is 29.1 Å². The third kappa shape index (κ3) is 3.44. The summed E-state index contributed by atoms with van der Waals surface area (Å²) in [7, 11) is 1.89. The van der Waals surface area contributed by atoms with E-state index >= 15 is 0 Å². The number of primary amides is 1. The van der Waals surface area contributed by atoms with Gasteiger partial charge in [0.05, 0.1) is 6.54 Å². The molecule has 1 saturated carbocycles. The molecule has 1 aliphatic rings. The lowest BCUT2D eigenvalue weighted by Gasteiger charge is -2.32. The van der Waals surface area contributed by atoms with Crippen molar-refractivity contribution in [3.8, 4) is 0 Å². The van der Waals surface area contributed by atoms with Gasteiger partial charge in [-0.1, -0.05) is 30.5 Å². The minimum atomic E-state index is -0.299. The Bertz CT molecular complexity index is 472. The summed E-state index contributed by atoms with van der Waals surface area (Å²) < 4.78 is 0. The molecule has 1 aromatic rings. The summed E-state index contributed by atoms with van der Waals surface area (Å²) in [4.78, 5) is 13.6. The number of nitrogens with two attached hydrogens (primary N) is 1. The van der Waals surface area contributed by atoms with E-state index in [2.05, 4.69) is 10.2 Å². The van der Waals surface area contributed by atoms with Crippen molar-refractivity contribution < 1.29 is 4.79 Å². The van der Waals surface area contributed by atoms with Crippen molar-refractivity contribution in [3.05, 3.63) is 28.8 Å². The van der Waals surface area contributed by atoms with E-state index in [9.17, 15) is 4.79 Å². The third-order valence-corrected chi connectivity index (χ3v) is 4.20. The normalized spacial score (nSPS) is 15.5. The number of halogens is 1. The van der Waals surface area contributed by atoms with E-state index in [0.29, 0.717) is 12.6 Å². The van der Waals surface area contributed by atoms with Crippen molar-refractivity contribution in [1.82, 2.24) is 5.32 Å². The van der Waals surface area contributed by atoms with Gasteiger partial charge in [-0.25, -0.2) is 0 Å². The number of nitrogens with zero attached hydrogens (tertiary/aromatic N) is 1. The molecule has 0 unspecified atom stereocenters. The number of rotatable bonds is 6. The third-order valence-electron chi connectivity index (χ3n) is 3.85. The quantitative estimate of drug-likeness (QED) is 0.846. The number of anilines is 1. The van der Waals surface area contributed by atoms with Crippen LogP contribution in [0.2, 0.25) is 5.02 Å². The van der Waals surface area contributed by atoms with Gasteiger partial charge in [0.1, 0.15) is 0 Å². The van der Waals surface area contributed by atoms with Gasteiger partial charge in [-0.3, -0.25) is 4.79 Å². The first-order valence-corrected chi connectivity index (χ1v) is 7.48. The van der Waals surface area contributed by atoms with Crippen molar-refractivity contribution in [2.45, 2.75) is 38.3 Å². The highest BCUT2D eigenvalue weighted by molar-refractivity contribution is 6.31. The van der Waals surface area contributed by atoms with Crippen molar-refractivity contribution >= 4 is 23.2 Å². The monoisotopic (exact) mass is 295 g/mol. The molecular formula is C15H22ClN3O. The Balaban J connectivity index is 2.36. The second-order valence-electron chi connectivity index (χ2n) is 5.30. The number of amides is 1. The smallest absolute Gasteiger partial charge is 0.236 e. The first kappa shape index (κ1) is 15.1. The van der Waals surface area contributed by atoms with Crippen LogP contribution in [0.15, 0.2) is 18.2 Å². The van der Waals surface area contributed by atoms with Crippen LogP contribution in [0.4, 0.5) is 5.69 Å². The van der Waals surface area contributed by atoms with Crippen LogP contribution < -0.4 is 16.0 Å². The molecule has 0 bridgehead atoms. The molecule has 110 valence electrons. The Labute approximate surface area is 125 Å². The second kappa shape index (κ2) is 6.95. The average molecular weight is 296 g/mol. The molecule has 2 rings (SSSR count). The molecule has 0 atom stereocenters. The molecule has 0 aromatic heterocycles. The largest absolute Gasteiger partial charge is 0.368 e. The zero-order valence-electron chi connectivity index (χ0n) is 11.9. The Morgan fingerprint density at radius 2 is 2.15 bits per heavy atom. The minimum Gasteiger partial charge on any atom is -0.368 e. The van der Waals surface area contributed by atoms with Gasteiger partial charge in [0, 0.05) is 28.9 Å². The minimum absolute atomic E-state index is 0.252. The molecule has 3 N–H and O–H groups in total. The summed E-state index contributed by atoms with van der Waals surface area (Å²) in [6, 6.07) is 6.23. The fraction of sp³-hybridized carbons (Fsp3) is 0.533. The predicted octanol–water partition coefficient (Wildman–Crippen LogP) is 2.29. The first-order chi connectivity index (χ1) is 9.63. The van der Waals surface area contributed by atoms with Gasteiger partial charge in [-0.15, -0.1) is 0 Å². The molecule has 1 aromatic carbocycles. The fourth-order valence-corrected chi connectivity index (χ4v) is 3.20. The van der Waals surface area contributed by atoms with Crippen LogP contribution in [0.3, 0.4) is 0 Å². The van der Waals surface area contributed by atoms with Crippen LogP contribution in [-0.2, 0) is 11.3 Å². The number of nitrogens with one attached hydrogen (secondary N) is 1. The molecular weight excluding hydrogens is 274 g/mol. The van der Waals surface area contributed by atoms with Gasteiger partial charge in [-0.05, 0) is 32.0 Å². The van der Waals surface area contributed by atoms with Crippen LogP contribution in [0, 0.1) is 0 Å². The molecule has 0 saturated heterocycles. The van der Waals surface area contributed by atoms with Crippen molar-refractivity contribution in [2.24, 2.45) is 5.73 Å². The van der Waals surface area contributed by atoms with Crippen molar-refractivity contribution in [3.63, 3.8) is 0 Å². The Morgan fingerprint density at radius 3 is 2.75 bits per heavy atom. The Morgan fingerprint density at radius 1 is 1.45 bits per heavy atom. The van der Waals surface area contributed by atoms with Crippen LogP contribution in [0.1, 0.15) is 31.2 Å². The summed E-state index contributed by atoms with van der Waals surface area (Å²) in [6.45, 7) is 0.929. The number of hydrogen-bond donors (Lipinski definition) is 2. The number of benzene rings is 1. The van der Waals surface area contributed by atoms with Crippen LogP contribution in [0.5, 0.6) is 0 Å². The standard InChI is InChI=1S/C15H22ClN3O/c1-18-9-12-13(16)7-4-8-14(12)19(10-15(17)20)11-5-2-3-6-11/h4,7-8,11,18H,2-3,5-6,9-10H2,1H3,(H2,17,20). The predicted molar refractivity (Wildman–Crippen MR) is 83.0 cm³/mol. The van der Waals surface area contributed by atoms with E-state index in [-0.39, 0.29) is 12.5 Å². The van der Waals surface area contributed by atoms with Gasteiger partial charge in [-0.2, -0.15) is 0 Å². The van der Waals surface area contributed by atoms with Crippen LogP contribution in [0.25, 0.3) is 0 Å². The SMILES string of the molecule is CNCc1c(Cl)cccc1N(CC(N)=O)C1CCCC1. The van der Waals surface area contributed by atoms with E-state index in [4.69, 9.17) is 17.3 Å². The molecule has 5 heteroatoms. The zero-order valence-corrected chi connectivity index (χ0v) is 12.6. The highest BCUT2D eigenvalue weighted by atomic mass is 35.5. The van der Waals surface area contributed by atoms with Gasteiger partial charge in [0.15, 0.2) is 0 Å². The maximum absolute atomic E-state index is 11.4. The summed E-state index contributed by atoms with van der Waals surface area (Å²) in [5.41, 5.74) is 7.49. The lowest BCUT2D eigenvalue weighted by molar-refractivity contribution is -0.116. The van der Waals surface area contributed by atoms with Gasteiger partial charge < -0.3 is 16.0 Å². The van der Waals surface area contributed by atoms with E-state index < -0.39 is 0 Å². The van der Waals surface area contributed by atoms with Crippen molar-refractivity contribution in [1.29, 1.82) is 0 Å². The summed E-state index contributed by atoms with van der Waals surface area (Å²) in [5, 5.41) is 3.86. The van der Waals surface area contributed by atoms with Gasteiger partial charge in [0.25, 0.3) is 0 Å². The maximum atomic E-state index is 11.4. The Kier molecular flexibility index (Phi) is 5.26. The second-order valence-corrected chi connectivity index (χ2v) is 5.71. The summed E-state index contributed by atoms with van der Waals surface area (Å²) in [6.07, 6.45) is 4.64. The number of carbonyl (C=O) groups is 1. The van der Waals surface area contributed by atoms with Crippen LogP contribution in [-0.4, -0.2) is 25.5 Å². The lowest BCUT2D eigenvalue weighted by Crippen LogP contribution is -2.41. The topological polar surface area (TPSA) is 58.4 Å². The molecule has 20 heavy (non-hydrogen) atoms. The Hall–Kier alpha value is -1.26. The highest BCUT2D eigenvalue weighted by Crippen LogP contribution is 2.33. The van der Waals surface area contributed by atoms with Gasteiger partial charge in [0.2, 0.25) is 5.91 Å². The molecule has 0 heterocycles. The molecule has 1 amide bonds. The van der Waals surface area contributed by atoms with E-state index in [1.54, 1.807) is 0 Å². The van der Waals surface area contributed by atoms with Gasteiger partial charge >= 0.3 is 0 Å². The molecule has 1 aliphatic carbocycles. The molecule has 1 fully saturated rings.